The number of hydrogen-bond donors (Lipinski definition) is 2. The maximum atomic E-state index is 12.7. The van der Waals surface area contributed by atoms with Crippen molar-refractivity contribution >= 4 is 28.3 Å². The maximum absolute atomic E-state index is 12.7. The molecule has 0 atom stereocenters. The van der Waals surface area contributed by atoms with E-state index >= 15 is 0 Å². The molecule has 0 aromatic carbocycles. The summed E-state index contributed by atoms with van der Waals surface area (Å²) in [6.45, 7) is -0.277. The van der Waals surface area contributed by atoms with Crippen LogP contribution in [0.2, 0.25) is 0 Å². The number of carbonyl (C=O) groups excluding carboxylic acids is 1. The summed E-state index contributed by atoms with van der Waals surface area (Å²) in [6.07, 6.45) is 10.5. The van der Waals surface area contributed by atoms with Crippen LogP contribution in [0.15, 0.2) is 30.7 Å². The first kappa shape index (κ1) is 19.3. The van der Waals surface area contributed by atoms with Gasteiger partial charge in [0.1, 0.15) is 12.5 Å². The van der Waals surface area contributed by atoms with E-state index in [1.807, 2.05) is 19.3 Å². The fourth-order valence-corrected chi connectivity index (χ4v) is 3.81. The first-order valence-corrected chi connectivity index (χ1v) is 10.0. The number of rotatable bonds is 6. The molecule has 1 aliphatic carbocycles. The van der Waals surface area contributed by atoms with Crippen LogP contribution in [0.1, 0.15) is 32.1 Å². The number of aryl methyl sites for hydroxylation is 1. The Hall–Kier alpha value is -3.03. The smallest absolute Gasteiger partial charge is 0.228 e. The molecule has 0 radical (unpaired) electrons. The van der Waals surface area contributed by atoms with Crippen molar-refractivity contribution in [3.05, 3.63) is 30.7 Å². The Balaban J connectivity index is 1.67. The number of hydrogen-bond acceptors (Lipinski definition) is 5. The lowest BCUT2D eigenvalue weighted by Gasteiger charge is -2.20. The number of nitrogens with one attached hydrogen (secondary N) is 2. The van der Waals surface area contributed by atoms with Crippen molar-refractivity contribution in [1.82, 2.24) is 19.7 Å². The molecule has 0 bridgehead atoms. The maximum Gasteiger partial charge on any atom is 0.228 e. The van der Waals surface area contributed by atoms with Crippen molar-refractivity contribution in [2.45, 2.75) is 32.1 Å². The molecule has 1 saturated carbocycles. The molecule has 29 heavy (non-hydrogen) atoms. The molecule has 7 nitrogen and oxygen atoms in total. The second-order valence-electron chi connectivity index (χ2n) is 7.48. The molecule has 2 N–H and O–H groups in total. The molecule has 4 rings (SSSR count). The number of aromatic nitrogens is 4. The molecule has 0 aliphatic heterocycles. The van der Waals surface area contributed by atoms with Gasteiger partial charge in [-0.25, -0.2) is 14.4 Å². The van der Waals surface area contributed by atoms with Crippen LogP contribution in [-0.4, -0.2) is 38.9 Å². The van der Waals surface area contributed by atoms with Crippen LogP contribution >= 0.6 is 0 Å². The second-order valence-corrected chi connectivity index (χ2v) is 7.48. The molecule has 0 unspecified atom stereocenters. The van der Waals surface area contributed by atoms with Crippen molar-refractivity contribution < 1.29 is 9.18 Å². The summed E-state index contributed by atoms with van der Waals surface area (Å²) >= 11 is 0. The quantitative estimate of drug-likeness (QED) is 0.659. The number of anilines is 2. The minimum Gasteiger partial charge on any atom is -0.382 e. The van der Waals surface area contributed by atoms with Crippen molar-refractivity contribution in [3.63, 3.8) is 0 Å². The summed E-state index contributed by atoms with van der Waals surface area (Å²) in [7, 11) is 1.84. The van der Waals surface area contributed by atoms with Crippen LogP contribution in [0, 0.1) is 5.92 Å². The van der Waals surface area contributed by atoms with E-state index < -0.39 is 6.67 Å². The third-order valence-electron chi connectivity index (χ3n) is 5.33. The van der Waals surface area contributed by atoms with Gasteiger partial charge in [0, 0.05) is 54.6 Å². The van der Waals surface area contributed by atoms with E-state index in [-0.39, 0.29) is 18.4 Å². The number of pyridine rings is 2. The van der Waals surface area contributed by atoms with E-state index in [9.17, 15) is 9.18 Å². The van der Waals surface area contributed by atoms with E-state index in [2.05, 4.69) is 20.7 Å². The third kappa shape index (κ3) is 4.36. The van der Waals surface area contributed by atoms with Gasteiger partial charge in [-0.15, -0.1) is 0 Å². The van der Waals surface area contributed by atoms with Gasteiger partial charge < -0.3 is 10.6 Å². The fraction of sp³-hybridized carbons (Fsp3) is 0.429. The highest BCUT2D eigenvalue weighted by molar-refractivity contribution is 5.97. The molecular formula is C21H25FN6O. The highest BCUT2D eigenvalue weighted by atomic mass is 19.1. The van der Waals surface area contributed by atoms with E-state index in [0.717, 1.165) is 48.0 Å². The zero-order valence-electron chi connectivity index (χ0n) is 16.5. The first-order valence-electron chi connectivity index (χ1n) is 10.0. The van der Waals surface area contributed by atoms with Crippen LogP contribution in [0.3, 0.4) is 0 Å². The molecular weight excluding hydrogens is 371 g/mol. The highest BCUT2D eigenvalue weighted by Gasteiger charge is 2.21. The summed E-state index contributed by atoms with van der Waals surface area (Å²) in [5.41, 5.74) is 3.02. The van der Waals surface area contributed by atoms with Gasteiger partial charge in [-0.1, -0.05) is 19.3 Å². The zero-order chi connectivity index (χ0) is 20.2. The average molecular weight is 396 g/mol. The third-order valence-corrected chi connectivity index (χ3v) is 5.33. The molecule has 0 spiro atoms. The Kier molecular flexibility index (Phi) is 5.69. The minimum atomic E-state index is -0.477. The number of fused-ring (bicyclic) bond motifs is 1. The first-order chi connectivity index (χ1) is 14.1. The van der Waals surface area contributed by atoms with Gasteiger partial charge in [0.15, 0.2) is 0 Å². The largest absolute Gasteiger partial charge is 0.382 e. The molecule has 3 aromatic heterocycles. The normalized spacial score (nSPS) is 14.8. The van der Waals surface area contributed by atoms with E-state index in [1.54, 1.807) is 23.1 Å². The van der Waals surface area contributed by atoms with Crippen LogP contribution in [-0.2, 0) is 11.8 Å². The topological polar surface area (TPSA) is 84.7 Å². The summed E-state index contributed by atoms with van der Waals surface area (Å²) in [6, 6.07) is 3.65. The van der Waals surface area contributed by atoms with Gasteiger partial charge in [-0.05, 0) is 18.9 Å². The predicted molar refractivity (Wildman–Crippen MR) is 111 cm³/mol. The molecule has 1 aliphatic rings. The number of nitrogens with zero attached hydrogens (tertiary/aromatic N) is 4. The van der Waals surface area contributed by atoms with Gasteiger partial charge >= 0.3 is 0 Å². The van der Waals surface area contributed by atoms with Gasteiger partial charge in [-0.3, -0.25) is 9.48 Å². The van der Waals surface area contributed by atoms with Gasteiger partial charge in [0.2, 0.25) is 5.91 Å². The lowest BCUT2D eigenvalue weighted by molar-refractivity contribution is -0.120. The Morgan fingerprint density at radius 2 is 2.07 bits per heavy atom. The summed E-state index contributed by atoms with van der Waals surface area (Å²) < 4.78 is 14.4. The Morgan fingerprint density at radius 1 is 1.24 bits per heavy atom. The molecule has 3 heterocycles. The standard InChI is InChI=1S/C21H25FN6O/c1-28-13-15(11-25-28)17-9-18(23-8-7-22)16-12-24-20(10-19(16)26-17)27-21(29)14-5-3-2-4-6-14/h9-14H,2-8H2,1H3,(H,23,26)(H,24,27,29). The van der Waals surface area contributed by atoms with Gasteiger partial charge in [0.05, 0.1) is 17.4 Å². The second kappa shape index (κ2) is 8.55. The van der Waals surface area contributed by atoms with Crippen LogP contribution in [0.5, 0.6) is 0 Å². The zero-order valence-corrected chi connectivity index (χ0v) is 16.5. The highest BCUT2D eigenvalue weighted by Crippen LogP contribution is 2.30. The number of alkyl halides is 1. The van der Waals surface area contributed by atoms with Gasteiger partial charge in [0.25, 0.3) is 0 Å². The van der Waals surface area contributed by atoms with E-state index in [4.69, 9.17) is 4.98 Å². The Morgan fingerprint density at radius 3 is 2.79 bits per heavy atom. The van der Waals surface area contributed by atoms with Gasteiger partial charge in [-0.2, -0.15) is 5.10 Å². The molecule has 152 valence electrons. The molecule has 1 fully saturated rings. The van der Waals surface area contributed by atoms with Crippen LogP contribution < -0.4 is 10.6 Å². The summed E-state index contributed by atoms with van der Waals surface area (Å²) in [5.74, 6) is 0.564. The summed E-state index contributed by atoms with van der Waals surface area (Å²) in [4.78, 5) is 21.7. The molecule has 3 aromatic rings. The lowest BCUT2D eigenvalue weighted by Crippen LogP contribution is -2.25. The van der Waals surface area contributed by atoms with Crippen molar-refractivity contribution in [2.24, 2.45) is 13.0 Å². The molecule has 0 saturated heterocycles. The number of amides is 1. The van der Waals surface area contributed by atoms with Crippen LogP contribution in [0.4, 0.5) is 15.9 Å². The number of halogens is 1. The molecule has 1 amide bonds. The SMILES string of the molecule is Cn1cc(-c2cc(NCCF)c3cnc(NC(=O)C4CCCCC4)cc3n2)cn1. The monoisotopic (exact) mass is 396 g/mol. The van der Waals surface area contributed by atoms with E-state index in [0.29, 0.717) is 11.3 Å². The predicted octanol–water partition coefficient (Wildman–Crippen LogP) is 3.93. The van der Waals surface area contributed by atoms with Crippen molar-refractivity contribution in [1.29, 1.82) is 0 Å². The number of carbonyl (C=O) groups is 1. The Bertz CT molecular complexity index is 1010. The average Bonchev–Trinajstić information content (AvgIpc) is 3.18. The van der Waals surface area contributed by atoms with Crippen LogP contribution in [0.25, 0.3) is 22.2 Å². The Labute approximate surface area is 168 Å². The summed E-state index contributed by atoms with van der Waals surface area (Å²) in [5, 5.41) is 11.0. The fourth-order valence-electron chi connectivity index (χ4n) is 3.81. The van der Waals surface area contributed by atoms with Crippen molar-refractivity contribution in [2.75, 3.05) is 23.9 Å². The lowest BCUT2D eigenvalue weighted by atomic mass is 9.89. The minimum absolute atomic E-state index is 0.0238. The van der Waals surface area contributed by atoms with Crippen molar-refractivity contribution in [3.8, 4) is 11.3 Å². The molecule has 8 heteroatoms. The van der Waals surface area contributed by atoms with E-state index in [1.165, 1.54) is 6.42 Å².